The Morgan fingerprint density at radius 1 is 0.967 bits per heavy atom. The van der Waals surface area contributed by atoms with Crippen molar-refractivity contribution in [2.45, 2.75) is 40.0 Å². The van der Waals surface area contributed by atoms with Crippen LogP contribution < -0.4 is 0 Å². The van der Waals surface area contributed by atoms with Crippen LogP contribution in [-0.2, 0) is 6.42 Å². The summed E-state index contributed by atoms with van der Waals surface area (Å²) < 4.78 is 11.6. The lowest BCUT2D eigenvalue weighted by Gasteiger charge is -2.04. The molecule has 2 aromatic heterocycles. The molecule has 0 unspecified atom stereocenters. The molecule has 0 radical (unpaired) electrons. The second kappa shape index (κ2) is 8.15. The molecule has 0 fully saturated rings. The summed E-state index contributed by atoms with van der Waals surface area (Å²) in [6.07, 6.45) is 8.54. The maximum absolute atomic E-state index is 10.5. The van der Waals surface area contributed by atoms with Crippen LogP contribution in [0.4, 0.5) is 0 Å². The van der Waals surface area contributed by atoms with Gasteiger partial charge < -0.3 is 19.0 Å². The lowest BCUT2D eigenvalue weighted by atomic mass is 10.0. The zero-order valence-electron chi connectivity index (χ0n) is 17.5. The molecular weight excluding hydrogens is 376 g/mol. The van der Waals surface area contributed by atoms with Crippen molar-refractivity contribution in [3.63, 3.8) is 0 Å². The van der Waals surface area contributed by atoms with Crippen molar-refractivity contribution < 1.29 is 19.0 Å². The molecule has 4 rings (SSSR count). The topological polar surface area (TPSA) is 66.7 Å². The fourth-order valence-electron chi connectivity index (χ4n) is 3.65. The number of hydrogen-bond donors (Lipinski definition) is 2. The minimum Gasteiger partial charge on any atom is -0.508 e. The molecule has 0 aliphatic rings. The molecule has 0 saturated carbocycles. The summed E-state index contributed by atoms with van der Waals surface area (Å²) in [5, 5.41) is 22.3. The standard InChI is InChI=1S/C26H26O4/c1-16(2)5-4-6-17(3)7-9-21-22(27)10-8-18-14-24(30-26(18)21)19-13-23(28)20-11-12-29-25(20)15-19/h5,7-8,10-15,27-28H,4,6,9H2,1-3H3/b17-7-. The molecule has 0 amide bonds. The van der Waals surface area contributed by atoms with Gasteiger partial charge in [0.2, 0.25) is 0 Å². The summed E-state index contributed by atoms with van der Waals surface area (Å²) in [5.41, 5.74) is 5.37. The Morgan fingerprint density at radius 2 is 1.80 bits per heavy atom. The number of furan rings is 2. The number of rotatable bonds is 6. The maximum atomic E-state index is 10.5. The molecule has 30 heavy (non-hydrogen) atoms. The quantitative estimate of drug-likeness (QED) is 0.328. The van der Waals surface area contributed by atoms with E-state index in [0.29, 0.717) is 28.7 Å². The van der Waals surface area contributed by atoms with Crippen molar-refractivity contribution in [3.05, 3.63) is 71.5 Å². The number of hydrogen-bond acceptors (Lipinski definition) is 4. The SMILES string of the molecule is CC(C)=CCC/C(C)=C\Cc1c(O)ccc2cc(-c3cc(O)c4ccoc4c3)oc12. The largest absolute Gasteiger partial charge is 0.508 e. The van der Waals surface area contributed by atoms with Crippen LogP contribution in [0.2, 0.25) is 0 Å². The first kappa shape index (κ1) is 19.9. The van der Waals surface area contributed by atoms with Crippen LogP contribution in [0.3, 0.4) is 0 Å². The maximum Gasteiger partial charge on any atom is 0.142 e. The number of benzene rings is 2. The molecule has 4 aromatic rings. The highest BCUT2D eigenvalue weighted by Crippen LogP contribution is 2.37. The molecule has 2 heterocycles. The Labute approximate surface area is 175 Å². The zero-order valence-corrected chi connectivity index (χ0v) is 17.5. The highest BCUT2D eigenvalue weighted by Gasteiger charge is 2.15. The lowest BCUT2D eigenvalue weighted by molar-refractivity contribution is 0.468. The minimum absolute atomic E-state index is 0.148. The van der Waals surface area contributed by atoms with Gasteiger partial charge in [0.15, 0.2) is 0 Å². The highest BCUT2D eigenvalue weighted by molar-refractivity contribution is 5.91. The number of allylic oxidation sites excluding steroid dienone is 4. The molecule has 4 heteroatoms. The molecular formula is C26H26O4. The first-order valence-electron chi connectivity index (χ1n) is 10.2. The lowest BCUT2D eigenvalue weighted by Crippen LogP contribution is -1.86. The van der Waals surface area contributed by atoms with Gasteiger partial charge in [0.25, 0.3) is 0 Å². The second-order valence-electron chi connectivity index (χ2n) is 7.99. The van der Waals surface area contributed by atoms with Gasteiger partial charge in [0.05, 0.1) is 11.6 Å². The van der Waals surface area contributed by atoms with E-state index in [4.69, 9.17) is 8.83 Å². The van der Waals surface area contributed by atoms with Gasteiger partial charge in [-0.25, -0.2) is 0 Å². The van der Waals surface area contributed by atoms with Crippen molar-refractivity contribution in [3.8, 4) is 22.8 Å². The van der Waals surface area contributed by atoms with E-state index in [1.807, 2.05) is 18.2 Å². The summed E-state index contributed by atoms with van der Waals surface area (Å²) in [6.45, 7) is 6.33. The number of phenols is 2. The summed E-state index contributed by atoms with van der Waals surface area (Å²) in [7, 11) is 0. The van der Waals surface area contributed by atoms with E-state index in [0.717, 1.165) is 29.4 Å². The highest BCUT2D eigenvalue weighted by atomic mass is 16.3. The van der Waals surface area contributed by atoms with Gasteiger partial charge in [-0.3, -0.25) is 0 Å². The van der Waals surface area contributed by atoms with E-state index in [9.17, 15) is 10.2 Å². The fourth-order valence-corrected chi connectivity index (χ4v) is 3.65. The molecule has 2 aromatic carbocycles. The van der Waals surface area contributed by atoms with E-state index in [1.54, 1.807) is 24.5 Å². The third kappa shape index (κ3) is 3.99. The van der Waals surface area contributed by atoms with Gasteiger partial charge in [0.1, 0.15) is 28.4 Å². The second-order valence-corrected chi connectivity index (χ2v) is 7.99. The van der Waals surface area contributed by atoms with Gasteiger partial charge in [-0.05, 0) is 76.4 Å². The van der Waals surface area contributed by atoms with E-state index < -0.39 is 0 Å². The third-order valence-electron chi connectivity index (χ3n) is 5.35. The predicted molar refractivity (Wildman–Crippen MR) is 121 cm³/mol. The zero-order chi connectivity index (χ0) is 21.3. The van der Waals surface area contributed by atoms with Gasteiger partial charge in [-0.15, -0.1) is 0 Å². The smallest absolute Gasteiger partial charge is 0.142 e. The van der Waals surface area contributed by atoms with Crippen molar-refractivity contribution in [2.24, 2.45) is 0 Å². The van der Waals surface area contributed by atoms with Gasteiger partial charge >= 0.3 is 0 Å². The Kier molecular flexibility index (Phi) is 5.40. The summed E-state index contributed by atoms with van der Waals surface area (Å²) in [5.74, 6) is 0.991. The Morgan fingerprint density at radius 3 is 2.60 bits per heavy atom. The van der Waals surface area contributed by atoms with Crippen LogP contribution in [-0.4, -0.2) is 10.2 Å². The van der Waals surface area contributed by atoms with Gasteiger partial charge in [-0.1, -0.05) is 23.3 Å². The Balaban J connectivity index is 1.67. The van der Waals surface area contributed by atoms with E-state index >= 15 is 0 Å². The molecule has 2 N–H and O–H groups in total. The summed E-state index contributed by atoms with van der Waals surface area (Å²) in [4.78, 5) is 0. The van der Waals surface area contributed by atoms with Crippen LogP contribution >= 0.6 is 0 Å². The molecule has 0 spiro atoms. The monoisotopic (exact) mass is 402 g/mol. The van der Waals surface area contributed by atoms with E-state index in [1.165, 1.54) is 11.1 Å². The van der Waals surface area contributed by atoms with Gasteiger partial charge in [-0.2, -0.15) is 0 Å². The van der Waals surface area contributed by atoms with Crippen LogP contribution in [0, 0.1) is 0 Å². The average Bonchev–Trinajstić information content (AvgIpc) is 3.34. The van der Waals surface area contributed by atoms with E-state index in [-0.39, 0.29) is 11.5 Å². The van der Waals surface area contributed by atoms with Crippen molar-refractivity contribution in [1.29, 1.82) is 0 Å². The summed E-state index contributed by atoms with van der Waals surface area (Å²) >= 11 is 0. The van der Waals surface area contributed by atoms with Crippen molar-refractivity contribution in [1.82, 2.24) is 0 Å². The molecule has 0 aliphatic heterocycles. The van der Waals surface area contributed by atoms with Crippen LogP contribution in [0.25, 0.3) is 33.3 Å². The average molecular weight is 402 g/mol. The van der Waals surface area contributed by atoms with Crippen LogP contribution in [0.1, 0.15) is 39.2 Å². The molecule has 0 bridgehead atoms. The fraction of sp³-hybridized carbons (Fsp3) is 0.231. The Hall–Kier alpha value is -3.40. The van der Waals surface area contributed by atoms with Crippen molar-refractivity contribution in [2.75, 3.05) is 0 Å². The van der Waals surface area contributed by atoms with E-state index in [2.05, 4.69) is 32.9 Å². The molecule has 4 nitrogen and oxygen atoms in total. The number of phenolic OH excluding ortho intramolecular Hbond substituents is 2. The number of fused-ring (bicyclic) bond motifs is 2. The first-order chi connectivity index (χ1) is 14.4. The Bertz CT molecular complexity index is 1260. The molecule has 0 saturated heterocycles. The van der Waals surface area contributed by atoms with Crippen LogP contribution in [0.15, 0.2) is 74.8 Å². The number of aromatic hydroxyl groups is 2. The predicted octanol–water partition coefficient (Wildman–Crippen LogP) is 7.49. The van der Waals surface area contributed by atoms with Crippen LogP contribution in [0.5, 0.6) is 11.5 Å². The molecule has 0 atom stereocenters. The normalized spacial score (nSPS) is 12.0. The first-order valence-corrected chi connectivity index (χ1v) is 10.2. The third-order valence-corrected chi connectivity index (χ3v) is 5.35. The van der Waals surface area contributed by atoms with Gasteiger partial charge in [0, 0.05) is 16.5 Å². The van der Waals surface area contributed by atoms with Crippen molar-refractivity contribution >= 4 is 21.9 Å². The molecule has 154 valence electrons. The minimum atomic E-state index is 0.148. The molecule has 0 aliphatic carbocycles. The summed E-state index contributed by atoms with van der Waals surface area (Å²) in [6, 6.07) is 10.7.